The van der Waals surface area contributed by atoms with Crippen LogP contribution in [0.5, 0.6) is 0 Å². The normalized spacial score (nSPS) is 11.1. The molecule has 0 aliphatic heterocycles. The van der Waals surface area contributed by atoms with E-state index < -0.39 is 0 Å². The van der Waals surface area contributed by atoms with Gasteiger partial charge in [0.05, 0.1) is 6.42 Å². The van der Waals surface area contributed by atoms with Gasteiger partial charge in [0.2, 0.25) is 11.7 Å². The summed E-state index contributed by atoms with van der Waals surface area (Å²) in [6, 6.07) is 0. The Morgan fingerprint density at radius 1 is 1.47 bits per heavy atom. The van der Waals surface area contributed by atoms with Gasteiger partial charge in [-0.3, -0.25) is 4.79 Å². The van der Waals surface area contributed by atoms with Crippen molar-refractivity contribution in [1.82, 2.24) is 10.1 Å². The lowest BCUT2D eigenvalue weighted by atomic mass is 10.1. The molecule has 0 amide bonds. The van der Waals surface area contributed by atoms with Crippen LogP contribution < -0.4 is 0 Å². The first kappa shape index (κ1) is 12.0. The van der Waals surface area contributed by atoms with E-state index in [2.05, 4.69) is 10.1 Å². The quantitative estimate of drug-likeness (QED) is 0.837. The van der Waals surface area contributed by atoms with Crippen LogP contribution in [0.2, 0.25) is 0 Å². The van der Waals surface area contributed by atoms with Crippen molar-refractivity contribution >= 4 is 17.1 Å². The Bertz CT molecular complexity index is 528. The number of ketones is 1. The summed E-state index contributed by atoms with van der Waals surface area (Å²) >= 11 is 1.60. The minimum absolute atomic E-state index is 0.00627. The molecule has 0 N–H and O–H groups in total. The number of carbonyl (C=O) groups excluding carboxylic acids is 1. The molecule has 17 heavy (non-hydrogen) atoms. The zero-order valence-electron chi connectivity index (χ0n) is 10.1. The maximum absolute atomic E-state index is 11.5. The molecule has 2 rings (SSSR count). The molecule has 0 saturated carbocycles. The second kappa shape index (κ2) is 4.79. The first-order valence-corrected chi connectivity index (χ1v) is 6.40. The average molecular weight is 250 g/mol. The first-order chi connectivity index (χ1) is 8.08. The van der Waals surface area contributed by atoms with E-state index >= 15 is 0 Å². The molecule has 0 radical (unpaired) electrons. The zero-order chi connectivity index (χ0) is 12.4. The highest BCUT2D eigenvalue weighted by atomic mass is 32.1. The second-order valence-corrected chi connectivity index (χ2v) is 5.02. The van der Waals surface area contributed by atoms with Crippen molar-refractivity contribution in [2.75, 3.05) is 0 Å². The number of aryl methyl sites for hydroxylation is 1. The van der Waals surface area contributed by atoms with Crippen LogP contribution in [0.1, 0.15) is 25.3 Å². The van der Waals surface area contributed by atoms with E-state index in [0.29, 0.717) is 11.7 Å². The Morgan fingerprint density at radius 3 is 2.82 bits per heavy atom. The van der Waals surface area contributed by atoms with E-state index in [-0.39, 0.29) is 18.1 Å². The fourth-order valence-electron chi connectivity index (χ4n) is 1.38. The van der Waals surface area contributed by atoms with Gasteiger partial charge in [-0.25, -0.2) is 0 Å². The van der Waals surface area contributed by atoms with Crippen molar-refractivity contribution < 1.29 is 9.32 Å². The lowest BCUT2D eigenvalue weighted by molar-refractivity contribution is -0.121. The fraction of sp³-hybridized carbons (Fsp3) is 0.417. The van der Waals surface area contributed by atoms with E-state index in [1.54, 1.807) is 11.3 Å². The summed E-state index contributed by atoms with van der Waals surface area (Å²) in [5, 5.41) is 7.91. The van der Waals surface area contributed by atoms with Gasteiger partial charge in [-0.2, -0.15) is 16.3 Å². The third-order valence-corrected chi connectivity index (χ3v) is 3.40. The van der Waals surface area contributed by atoms with Gasteiger partial charge in [-0.05, 0) is 17.9 Å². The lowest BCUT2D eigenvalue weighted by Crippen LogP contribution is -2.10. The molecule has 0 saturated heterocycles. The van der Waals surface area contributed by atoms with Crippen LogP contribution in [0.15, 0.2) is 15.3 Å². The SMILES string of the molecule is Cc1cscc1-c1noc(CC(=O)C(C)C)n1. The van der Waals surface area contributed by atoms with E-state index in [1.165, 1.54) is 0 Å². The molecule has 0 aliphatic carbocycles. The largest absolute Gasteiger partial charge is 0.338 e. The third-order valence-electron chi connectivity index (χ3n) is 2.53. The number of rotatable bonds is 4. The van der Waals surface area contributed by atoms with E-state index in [1.807, 2.05) is 31.5 Å². The molecule has 0 bridgehead atoms. The van der Waals surface area contributed by atoms with Gasteiger partial charge in [-0.1, -0.05) is 19.0 Å². The number of nitrogens with zero attached hydrogens (tertiary/aromatic N) is 2. The monoisotopic (exact) mass is 250 g/mol. The number of carbonyl (C=O) groups is 1. The molecule has 5 heteroatoms. The van der Waals surface area contributed by atoms with Crippen LogP contribution in [-0.4, -0.2) is 15.9 Å². The van der Waals surface area contributed by atoms with Gasteiger partial charge >= 0.3 is 0 Å². The van der Waals surface area contributed by atoms with Gasteiger partial charge < -0.3 is 4.52 Å². The molecule has 0 spiro atoms. The molecule has 90 valence electrons. The molecule has 0 aromatic carbocycles. The summed E-state index contributed by atoms with van der Waals surface area (Å²) in [6.45, 7) is 5.73. The minimum atomic E-state index is -0.00627. The summed E-state index contributed by atoms with van der Waals surface area (Å²) in [5.41, 5.74) is 2.10. The Morgan fingerprint density at radius 2 is 2.24 bits per heavy atom. The van der Waals surface area contributed by atoms with E-state index in [0.717, 1.165) is 11.1 Å². The van der Waals surface area contributed by atoms with Crippen LogP contribution in [0.4, 0.5) is 0 Å². The fourth-order valence-corrected chi connectivity index (χ4v) is 2.21. The van der Waals surface area contributed by atoms with E-state index in [9.17, 15) is 4.79 Å². The standard InChI is InChI=1S/C12H14N2O2S/c1-7(2)10(15)4-11-13-12(14-16-11)9-6-17-5-8(9)3/h5-7H,4H2,1-3H3. The maximum Gasteiger partial charge on any atom is 0.234 e. The van der Waals surface area contributed by atoms with Gasteiger partial charge in [0.25, 0.3) is 0 Å². The van der Waals surface area contributed by atoms with Crippen molar-refractivity contribution in [3.8, 4) is 11.4 Å². The number of thiophene rings is 1. The van der Waals surface area contributed by atoms with Crippen molar-refractivity contribution in [2.45, 2.75) is 27.2 Å². The lowest BCUT2D eigenvalue weighted by Gasteiger charge is -1.98. The molecule has 0 atom stereocenters. The van der Waals surface area contributed by atoms with Gasteiger partial charge in [0.1, 0.15) is 5.78 Å². The Labute approximate surface area is 104 Å². The van der Waals surface area contributed by atoms with Crippen molar-refractivity contribution in [3.05, 3.63) is 22.2 Å². The average Bonchev–Trinajstić information content (AvgIpc) is 2.86. The predicted octanol–water partition coefficient (Wildman–Crippen LogP) is 2.87. The molecule has 0 fully saturated rings. The first-order valence-electron chi connectivity index (χ1n) is 5.46. The van der Waals surface area contributed by atoms with Crippen LogP contribution in [0.25, 0.3) is 11.4 Å². The molecular formula is C12H14N2O2S. The van der Waals surface area contributed by atoms with Crippen molar-refractivity contribution in [1.29, 1.82) is 0 Å². The summed E-state index contributed by atoms with van der Waals surface area (Å²) in [4.78, 5) is 15.8. The maximum atomic E-state index is 11.5. The molecule has 4 nitrogen and oxygen atoms in total. The smallest absolute Gasteiger partial charge is 0.234 e. The Kier molecular flexibility index (Phi) is 3.38. The highest BCUT2D eigenvalue weighted by Crippen LogP contribution is 2.24. The van der Waals surface area contributed by atoms with Gasteiger partial charge in [0.15, 0.2) is 0 Å². The number of hydrogen-bond donors (Lipinski definition) is 0. The molecule has 0 unspecified atom stereocenters. The van der Waals surface area contributed by atoms with Gasteiger partial charge in [0, 0.05) is 16.9 Å². The zero-order valence-corrected chi connectivity index (χ0v) is 10.9. The number of Topliss-reactive ketones (excluding diaryl/α,β-unsaturated/α-hetero) is 1. The van der Waals surface area contributed by atoms with Crippen LogP contribution in [0, 0.1) is 12.8 Å². The highest BCUT2D eigenvalue weighted by Gasteiger charge is 2.15. The molecule has 2 aromatic rings. The van der Waals surface area contributed by atoms with Gasteiger partial charge in [-0.15, -0.1) is 0 Å². The summed E-state index contributed by atoms with van der Waals surface area (Å²) in [7, 11) is 0. The highest BCUT2D eigenvalue weighted by molar-refractivity contribution is 7.08. The summed E-state index contributed by atoms with van der Waals surface area (Å²) in [5.74, 6) is 1.06. The molecule has 0 aliphatic rings. The summed E-state index contributed by atoms with van der Waals surface area (Å²) < 4.78 is 5.09. The molecule has 2 heterocycles. The van der Waals surface area contributed by atoms with Crippen molar-refractivity contribution in [3.63, 3.8) is 0 Å². The predicted molar refractivity (Wildman–Crippen MR) is 65.9 cm³/mol. The third kappa shape index (κ3) is 2.61. The minimum Gasteiger partial charge on any atom is -0.338 e. The van der Waals surface area contributed by atoms with Crippen LogP contribution in [0.3, 0.4) is 0 Å². The van der Waals surface area contributed by atoms with E-state index in [4.69, 9.17) is 4.52 Å². The van der Waals surface area contributed by atoms with Crippen LogP contribution >= 0.6 is 11.3 Å². The Hall–Kier alpha value is -1.49. The Balaban J connectivity index is 2.17. The second-order valence-electron chi connectivity index (χ2n) is 4.28. The van der Waals surface area contributed by atoms with Crippen molar-refractivity contribution in [2.24, 2.45) is 5.92 Å². The number of hydrogen-bond acceptors (Lipinski definition) is 5. The summed E-state index contributed by atoms with van der Waals surface area (Å²) in [6.07, 6.45) is 0.216. The molecular weight excluding hydrogens is 236 g/mol. The topological polar surface area (TPSA) is 56.0 Å². The van der Waals surface area contributed by atoms with Crippen LogP contribution in [-0.2, 0) is 11.2 Å². The number of aromatic nitrogens is 2. The molecule has 2 aromatic heterocycles.